The minimum atomic E-state index is -0.738. The lowest BCUT2D eigenvalue weighted by Gasteiger charge is -2.49. The number of piperazine rings is 1. The number of likely N-dealkylation sites (tertiary alicyclic amines) is 1. The Hall–Kier alpha value is -6.29. The summed E-state index contributed by atoms with van der Waals surface area (Å²) >= 11 is 1.36. The Morgan fingerprint density at radius 2 is 1.62 bits per heavy atom. The van der Waals surface area contributed by atoms with E-state index in [0.29, 0.717) is 47.9 Å². The summed E-state index contributed by atoms with van der Waals surface area (Å²) in [4.78, 5) is 76.2. The number of likely N-dealkylation sites (N-methyl/N-ethyl adjacent to an activating group) is 1. The Bertz CT molecular complexity index is 2840. The van der Waals surface area contributed by atoms with Crippen LogP contribution < -0.4 is 26.4 Å². The largest absolute Gasteiger partial charge is 0.451 e. The van der Waals surface area contributed by atoms with Gasteiger partial charge in [0.1, 0.15) is 16.0 Å². The van der Waals surface area contributed by atoms with Gasteiger partial charge in [-0.3, -0.25) is 28.9 Å². The van der Waals surface area contributed by atoms with E-state index in [0.717, 1.165) is 95.3 Å². The number of anilines is 1. The number of aromatic nitrogens is 1. The van der Waals surface area contributed by atoms with Crippen LogP contribution in [0, 0.1) is 13.8 Å². The van der Waals surface area contributed by atoms with E-state index in [1.54, 1.807) is 29.5 Å². The van der Waals surface area contributed by atoms with Gasteiger partial charge in [-0.1, -0.05) is 49.2 Å². The number of carbonyl (C=O) groups is 4. The number of para-hydroxylation sites is 1. The minimum Gasteiger partial charge on any atom is -0.451 e. The summed E-state index contributed by atoms with van der Waals surface area (Å²) < 4.78 is 8.49. The molecule has 3 aromatic carbocycles. The Morgan fingerprint density at radius 3 is 2.38 bits per heavy atom. The van der Waals surface area contributed by atoms with Crippen molar-refractivity contribution in [3.05, 3.63) is 122 Å². The molecule has 3 N–H and O–H groups in total. The summed E-state index contributed by atoms with van der Waals surface area (Å²) in [6, 6.07) is 23.6. The standard InChI is InChI=1S/C50H56N8O6S/c1-32-23-35(37-24-33(2)46(60)54(3)27-37)25-36-26-40(64-43(32)36)45(59)52-17-11-5-6-12-20-57(28-34-13-7-9-15-39(34)56-21-18-51-19-22-56)48(62)44-42(38-14-8-10-16-41(38)65-44)47(61)58-29-50(30-58)49(63)53-31-55(50)4/h7-10,13-16,23-27,51H,5-6,11-12,17-22,28-31H2,1-4H3,(H,52,59)(H,53,63). The Balaban J connectivity index is 0.872. The van der Waals surface area contributed by atoms with Gasteiger partial charge < -0.3 is 39.6 Å². The monoisotopic (exact) mass is 896 g/mol. The molecule has 0 atom stereocenters. The number of amides is 4. The number of rotatable bonds is 14. The third-order valence-electron chi connectivity index (χ3n) is 13.3. The number of fused-ring (bicyclic) bond motifs is 2. The van der Waals surface area contributed by atoms with Gasteiger partial charge in [0.05, 0.1) is 25.3 Å². The number of nitrogens with one attached hydrogen (secondary N) is 3. The zero-order chi connectivity index (χ0) is 45.4. The summed E-state index contributed by atoms with van der Waals surface area (Å²) in [7, 11) is 3.63. The van der Waals surface area contributed by atoms with Crippen LogP contribution in [0.2, 0.25) is 0 Å². The molecule has 0 aliphatic carbocycles. The predicted octanol–water partition coefficient (Wildman–Crippen LogP) is 5.89. The second-order valence-corrected chi connectivity index (χ2v) is 18.8. The number of thiophene rings is 1. The number of benzene rings is 3. The molecule has 14 nitrogen and oxygen atoms in total. The summed E-state index contributed by atoms with van der Waals surface area (Å²) in [5.74, 6) is -0.512. The molecule has 0 bridgehead atoms. The SMILES string of the molecule is Cc1cc(-c2cc(C)c3oc(C(=O)NCCCCCCN(Cc4ccccc4N4CCNCC4)C(=O)c4sc5ccccc5c4C(=O)N4CC5(C4)C(=O)NCN5C)cc3c2)cn(C)c1=O. The van der Waals surface area contributed by atoms with Crippen molar-refractivity contribution in [3.63, 3.8) is 0 Å². The third kappa shape index (κ3) is 8.55. The molecule has 65 heavy (non-hydrogen) atoms. The van der Waals surface area contributed by atoms with Crippen LogP contribution in [0.15, 0.2) is 88.2 Å². The maximum atomic E-state index is 15.0. The predicted molar refractivity (Wildman–Crippen MR) is 255 cm³/mol. The summed E-state index contributed by atoms with van der Waals surface area (Å²) in [5, 5.41) is 10.9. The van der Waals surface area contributed by atoms with Crippen LogP contribution in [-0.2, 0) is 18.4 Å². The van der Waals surface area contributed by atoms with Gasteiger partial charge in [0.25, 0.3) is 23.3 Å². The Labute approximate surface area is 382 Å². The molecule has 338 valence electrons. The van der Waals surface area contributed by atoms with Crippen molar-refractivity contribution in [2.75, 3.05) is 71.0 Å². The number of unbranched alkanes of at least 4 members (excludes halogenated alkanes) is 3. The van der Waals surface area contributed by atoms with Gasteiger partial charge in [0, 0.05) is 85.8 Å². The molecule has 0 unspecified atom stereocenters. The fourth-order valence-electron chi connectivity index (χ4n) is 9.53. The number of aryl methyl sites for hydroxylation is 3. The van der Waals surface area contributed by atoms with Gasteiger partial charge in [0.15, 0.2) is 5.76 Å². The molecule has 3 aliphatic heterocycles. The first-order valence-electron chi connectivity index (χ1n) is 22.5. The van der Waals surface area contributed by atoms with Crippen molar-refractivity contribution in [3.8, 4) is 11.1 Å². The summed E-state index contributed by atoms with van der Waals surface area (Å²) in [5.41, 5.74) is 5.87. The van der Waals surface area contributed by atoms with E-state index in [4.69, 9.17) is 4.42 Å². The van der Waals surface area contributed by atoms with Crippen LogP contribution >= 0.6 is 11.3 Å². The lowest BCUT2D eigenvalue weighted by Crippen LogP contribution is -2.71. The molecule has 9 rings (SSSR count). The van der Waals surface area contributed by atoms with E-state index in [9.17, 15) is 19.2 Å². The second kappa shape index (κ2) is 18.3. The number of pyridine rings is 1. The Kier molecular flexibility index (Phi) is 12.4. The van der Waals surface area contributed by atoms with Gasteiger partial charge >= 0.3 is 0 Å². The second-order valence-electron chi connectivity index (χ2n) is 17.8. The van der Waals surface area contributed by atoms with Crippen LogP contribution in [0.1, 0.15) is 73.0 Å². The maximum Gasteiger partial charge on any atom is 0.287 e. The highest BCUT2D eigenvalue weighted by Crippen LogP contribution is 2.38. The number of carbonyl (C=O) groups excluding carboxylic acids is 4. The first kappa shape index (κ1) is 43.9. The molecule has 6 heterocycles. The summed E-state index contributed by atoms with van der Waals surface area (Å²) in [6.45, 7) is 9.60. The molecule has 15 heteroatoms. The van der Waals surface area contributed by atoms with Crippen LogP contribution in [0.5, 0.6) is 0 Å². The molecular formula is C50H56N8O6S. The number of nitrogens with zero attached hydrogens (tertiary/aromatic N) is 5. The fraction of sp³-hybridized carbons (Fsp3) is 0.380. The lowest BCUT2D eigenvalue weighted by molar-refractivity contribution is -0.133. The van der Waals surface area contributed by atoms with E-state index < -0.39 is 5.54 Å². The first-order valence-corrected chi connectivity index (χ1v) is 23.4. The van der Waals surface area contributed by atoms with E-state index in [2.05, 4.69) is 33.0 Å². The van der Waals surface area contributed by atoms with Crippen LogP contribution in [0.3, 0.4) is 0 Å². The van der Waals surface area contributed by atoms with E-state index >= 15 is 4.79 Å². The van der Waals surface area contributed by atoms with Crippen LogP contribution in [0.4, 0.5) is 5.69 Å². The molecule has 0 saturated carbocycles. The molecule has 0 radical (unpaired) electrons. The number of hydrogen-bond acceptors (Lipinski definition) is 10. The first-order chi connectivity index (χ1) is 31.4. The van der Waals surface area contributed by atoms with Gasteiger partial charge in [-0.05, 0) is 92.4 Å². The molecule has 6 aromatic rings. The van der Waals surface area contributed by atoms with Gasteiger partial charge in [-0.15, -0.1) is 11.3 Å². The van der Waals surface area contributed by atoms with Gasteiger partial charge in [0.2, 0.25) is 5.91 Å². The fourth-order valence-corrected chi connectivity index (χ4v) is 10.7. The Morgan fingerprint density at radius 1 is 0.877 bits per heavy atom. The van der Waals surface area contributed by atoms with Crippen molar-refractivity contribution in [2.45, 2.75) is 51.6 Å². The van der Waals surface area contributed by atoms with Crippen molar-refractivity contribution in [1.82, 2.24) is 35.2 Å². The van der Waals surface area contributed by atoms with E-state index in [1.165, 1.54) is 11.3 Å². The van der Waals surface area contributed by atoms with E-state index in [1.807, 2.05) is 84.6 Å². The summed E-state index contributed by atoms with van der Waals surface area (Å²) in [6.07, 6.45) is 4.98. The van der Waals surface area contributed by atoms with Crippen molar-refractivity contribution < 1.29 is 23.6 Å². The zero-order valence-corrected chi connectivity index (χ0v) is 38.3. The van der Waals surface area contributed by atoms with Gasteiger partial charge in [-0.2, -0.15) is 0 Å². The minimum absolute atomic E-state index is 0.0346. The smallest absolute Gasteiger partial charge is 0.287 e. The molecule has 3 aliphatic rings. The highest BCUT2D eigenvalue weighted by Gasteiger charge is 2.57. The quantitative estimate of drug-likeness (QED) is 0.114. The normalized spacial score (nSPS) is 16.0. The van der Waals surface area contributed by atoms with Crippen LogP contribution in [-0.4, -0.2) is 115 Å². The molecular weight excluding hydrogens is 841 g/mol. The zero-order valence-electron chi connectivity index (χ0n) is 37.5. The van der Waals surface area contributed by atoms with Gasteiger partial charge in [-0.25, -0.2) is 0 Å². The molecule has 3 aromatic heterocycles. The molecule has 3 saturated heterocycles. The number of hydrogen-bond donors (Lipinski definition) is 3. The van der Waals surface area contributed by atoms with Crippen molar-refractivity contribution in [1.29, 1.82) is 0 Å². The molecule has 4 amide bonds. The highest BCUT2D eigenvalue weighted by molar-refractivity contribution is 7.21. The molecule has 1 spiro atoms. The third-order valence-corrected chi connectivity index (χ3v) is 14.4. The van der Waals surface area contributed by atoms with E-state index in [-0.39, 0.29) is 48.0 Å². The van der Waals surface area contributed by atoms with Crippen molar-refractivity contribution in [2.24, 2.45) is 7.05 Å². The lowest BCUT2D eigenvalue weighted by atomic mass is 9.87. The average Bonchev–Trinajstić information content (AvgIpc) is 4.00. The molecule has 3 fully saturated rings. The topological polar surface area (TPSA) is 152 Å². The maximum absolute atomic E-state index is 15.0. The highest BCUT2D eigenvalue weighted by atomic mass is 32.1. The average molecular weight is 897 g/mol. The van der Waals surface area contributed by atoms with Crippen LogP contribution in [0.25, 0.3) is 32.2 Å². The van der Waals surface area contributed by atoms with Crippen molar-refractivity contribution >= 4 is 61.7 Å². The number of furan rings is 1.